The van der Waals surface area contributed by atoms with E-state index in [1.165, 1.54) is 23.5 Å². The summed E-state index contributed by atoms with van der Waals surface area (Å²) in [6.07, 6.45) is 0.571. The maximum atomic E-state index is 12.9. The number of para-hydroxylation sites is 1. The second-order valence-corrected chi connectivity index (χ2v) is 7.02. The first-order valence-corrected chi connectivity index (χ1v) is 9.93. The molecule has 0 atom stereocenters. The van der Waals surface area contributed by atoms with Crippen molar-refractivity contribution in [2.24, 2.45) is 0 Å². The number of ether oxygens (including phenoxy) is 1. The van der Waals surface area contributed by atoms with Crippen molar-refractivity contribution < 1.29 is 18.7 Å². The Morgan fingerprint density at radius 3 is 2.35 bits per heavy atom. The van der Waals surface area contributed by atoms with Crippen molar-refractivity contribution in [1.29, 1.82) is 0 Å². The van der Waals surface area contributed by atoms with Gasteiger partial charge in [0.05, 0.1) is 18.4 Å². The third kappa shape index (κ3) is 5.99. The standard InChI is InChI=1S/C23H22FN3O3S/c1-30-21-5-3-2-4-20(21)22(28)26-18-10-12-19(13-11-18)27(31)23(29)25-15-14-16-6-8-17(24)9-7-16/h2-13,31H,14-15H2,1H3,(H,25,29)(H,26,28). The highest BCUT2D eigenvalue weighted by Gasteiger charge is 2.14. The lowest BCUT2D eigenvalue weighted by atomic mass is 10.1. The van der Waals surface area contributed by atoms with Crippen LogP contribution >= 0.6 is 12.8 Å². The largest absolute Gasteiger partial charge is 0.496 e. The second kappa shape index (κ2) is 10.5. The third-order valence-corrected chi connectivity index (χ3v) is 4.93. The molecule has 0 aliphatic rings. The number of urea groups is 1. The van der Waals surface area contributed by atoms with Crippen molar-refractivity contribution in [2.45, 2.75) is 6.42 Å². The van der Waals surface area contributed by atoms with E-state index in [1.807, 2.05) is 0 Å². The van der Waals surface area contributed by atoms with E-state index in [4.69, 9.17) is 4.74 Å². The van der Waals surface area contributed by atoms with Gasteiger partial charge >= 0.3 is 6.03 Å². The molecule has 8 heteroatoms. The van der Waals surface area contributed by atoms with Gasteiger partial charge in [-0.2, -0.15) is 0 Å². The van der Waals surface area contributed by atoms with E-state index in [2.05, 4.69) is 23.4 Å². The molecule has 0 fully saturated rings. The minimum atomic E-state index is -0.392. The van der Waals surface area contributed by atoms with Crippen LogP contribution in [0.4, 0.5) is 20.6 Å². The van der Waals surface area contributed by atoms with Crippen LogP contribution in [0, 0.1) is 5.82 Å². The minimum absolute atomic E-state index is 0.295. The smallest absolute Gasteiger partial charge is 0.331 e. The zero-order valence-corrected chi connectivity index (χ0v) is 17.7. The molecule has 0 bridgehead atoms. The summed E-state index contributed by atoms with van der Waals surface area (Å²) in [6, 6.07) is 19.4. The van der Waals surface area contributed by atoms with Gasteiger partial charge in [-0.15, -0.1) is 0 Å². The van der Waals surface area contributed by atoms with Gasteiger partial charge in [-0.1, -0.05) is 37.1 Å². The zero-order valence-electron chi connectivity index (χ0n) is 16.8. The zero-order chi connectivity index (χ0) is 22.2. The van der Waals surface area contributed by atoms with Gasteiger partial charge in [0.2, 0.25) is 0 Å². The van der Waals surface area contributed by atoms with E-state index in [0.717, 1.165) is 5.56 Å². The predicted octanol–water partition coefficient (Wildman–Crippen LogP) is 4.69. The van der Waals surface area contributed by atoms with Crippen molar-refractivity contribution in [3.05, 3.63) is 89.7 Å². The maximum Gasteiger partial charge on any atom is 0.331 e. The van der Waals surface area contributed by atoms with E-state index in [9.17, 15) is 14.0 Å². The molecule has 0 saturated heterocycles. The molecule has 0 radical (unpaired) electrons. The summed E-state index contributed by atoms with van der Waals surface area (Å²) in [5.41, 5.74) is 2.45. The summed E-state index contributed by atoms with van der Waals surface area (Å²) in [5.74, 6) is -0.112. The summed E-state index contributed by atoms with van der Waals surface area (Å²) < 4.78 is 19.3. The number of carbonyl (C=O) groups excluding carboxylic acids is 2. The number of rotatable bonds is 7. The Morgan fingerprint density at radius 2 is 1.68 bits per heavy atom. The Kier molecular flexibility index (Phi) is 7.50. The molecule has 3 rings (SSSR count). The molecule has 2 N–H and O–H groups in total. The maximum absolute atomic E-state index is 12.9. The molecule has 6 nitrogen and oxygen atoms in total. The fourth-order valence-electron chi connectivity index (χ4n) is 2.87. The minimum Gasteiger partial charge on any atom is -0.496 e. The highest BCUT2D eigenvalue weighted by atomic mass is 32.1. The number of anilines is 2. The first kappa shape index (κ1) is 22.2. The molecular formula is C23H22FN3O3S. The average Bonchev–Trinajstić information content (AvgIpc) is 2.80. The van der Waals surface area contributed by atoms with Crippen LogP contribution in [-0.2, 0) is 6.42 Å². The lowest BCUT2D eigenvalue weighted by Crippen LogP contribution is -2.35. The van der Waals surface area contributed by atoms with E-state index >= 15 is 0 Å². The lowest BCUT2D eigenvalue weighted by Gasteiger charge is -2.17. The molecule has 0 saturated carbocycles. The Labute approximate surface area is 185 Å². The van der Waals surface area contributed by atoms with E-state index in [1.54, 1.807) is 60.7 Å². The topological polar surface area (TPSA) is 70.7 Å². The van der Waals surface area contributed by atoms with Crippen LogP contribution in [0.3, 0.4) is 0 Å². The second-order valence-electron chi connectivity index (χ2n) is 6.62. The molecule has 3 aromatic carbocycles. The van der Waals surface area contributed by atoms with E-state index in [-0.39, 0.29) is 11.7 Å². The number of methoxy groups -OCH3 is 1. The van der Waals surface area contributed by atoms with Crippen LogP contribution in [0.15, 0.2) is 72.8 Å². The summed E-state index contributed by atoms with van der Waals surface area (Å²) >= 11 is 4.24. The number of amides is 3. The van der Waals surface area contributed by atoms with Gasteiger partial charge < -0.3 is 15.4 Å². The fraction of sp³-hybridized carbons (Fsp3) is 0.130. The molecule has 0 aromatic heterocycles. The van der Waals surface area contributed by atoms with Gasteiger partial charge in [-0.25, -0.2) is 13.5 Å². The van der Waals surface area contributed by atoms with Gasteiger partial charge in [-0.3, -0.25) is 4.79 Å². The van der Waals surface area contributed by atoms with Crippen molar-refractivity contribution in [2.75, 3.05) is 23.3 Å². The molecule has 0 heterocycles. The Bertz CT molecular complexity index is 1040. The van der Waals surface area contributed by atoms with Crippen LogP contribution in [0.2, 0.25) is 0 Å². The SMILES string of the molecule is COc1ccccc1C(=O)Nc1ccc(N(S)C(=O)NCCc2ccc(F)cc2)cc1. The van der Waals surface area contributed by atoms with Crippen LogP contribution in [0.1, 0.15) is 15.9 Å². The Balaban J connectivity index is 1.54. The van der Waals surface area contributed by atoms with Gasteiger partial charge in [0.15, 0.2) is 0 Å². The molecule has 31 heavy (non-hydrogen) atoms. The van der Waals surface area contributed by atoms with Crippen LogP contribution in [0.5, 0.6) is 5.75 Å². The molecule has 3 aromatic rings. The van der Waals surface area contributed by atoms with Crippen LogP contribution in [0.25, 0.3) is 0 Å². The molecule has 160 valence electrons. The summed E-state index contributed by atoms with van der Waals surface area (Å²) in [6.45, 7) is 0.384. The summed E-state index contributed by atoms with van der Waals surface area (Å²) in [7, 11) is 1.51. The number of benzene rings is 3. The van der Waals surface area contributed by atoms with Gasteiger partial charge in [0, 0.05) is 12.2 Å². The van der Waals surface area contributed by atoms with Gasteiger partial charge in [0.25, 0.3) is 5.91 Å². The Hall–Kier alpha value is -3.52. The van der Waals surface area contributed by atoms with Crippen molar-refractivity contribution in [1.82, 2.24) is 5.32 Å². The Morgan fingerprint density at radius 1 is 1.00 bits per heavy atom. The molecule has 0 aliphatic carbocycles. The summed E-state index contributed by atoms with van der Waals surface area (Å²) in [5, 5.41) is 5.55. The number of carbonyl (C=O) groups is 2. The highest BCUT2D eigenvalue weighted by molar-refractivity contribution is 7.82. The van der Waals surface area contributed by atoms with Crippen LogP contribution in [-0.4, -0.2) is 25.6 Å². The van der Waals surface area contributed by atoms with Crippen LogP contribution < -0.4 is 19.7 Å². The monoisotopic (exact) mass is 439 g/mol. The normalized spacial score (nSPS) is 10.3. The number of nitrogens with one attached hydrogen (secondary N) is 2. The quantitative estimate of drug-likeness (QED) is 0.468. The first-order chi connectivity index (χ1) is 15.0. The molecular weight excluding hydrogens is 417 g/mol. The van der Waals surface area contributed by atoms with Gasteiger partial charge in [0.1, 0.15) is 11.6 Å². The summed E-state index contributed by atoms with van der Waals surface area (Å²) in [4.78, 5) is 24.8. The number of hydrogen-bond donors (Lipinski definition) is 3. The van der Waals surface area contributed by atoms with Crippen molar-refractivity contribution >= 4 is 36.1 Å². The average molecular weight is 440 g/mol. The van der Waals surface area contributed by atoms with E-state index < -0.39 is 6.03 Å². The number of halogens is 1. The van der Waals surface area contributed by atoms with E-state index in [0.29, 0.717) is 35.7 Å². The van der Waals surface area contributed by atoms with Crippen molar-refractivity contribution in [3.8, 4) is 5.75 Å². The van der Waals surface area contributed by atoms with Gasteiger partial charge in [-0.05, 0) is 60.5 Å². The fourth-order valence-corrected chi connectivity index (χ4v) is 3.08. The predicted molar refractivity (Wildman–Crippen MR) is 122 cm³/mol. The highest BCUT2D eigenvalue weighted by Crippen LogP contribution is 2.22. The number of nitrogens with zero attached hydrogens (tertiary/aromatic N) is 1. The third-order valence-electron chi connectivity index (χ3n) is 4.52. The van der Waals surface area contributed by atoms with Crippen molar-refractivity contribution in [3.63, 3.8) is 0 Å². The number of hydrogen-bond acceptors (Lipinski definition) is 4. The molecule has 0 unspecified atom stereocenters. The molecule has 3 amide bonds. The first-order valence-electron chi connectivity index (χ1n) is 9.53. The molecule has 0 spiro atoms. The lowest BCUT2D eigenvalue weighted by molar-refractivity contribution is 0.102. The molecule has 0 aliphatic heterocycles. The number of thiol groups is 1.